The first-order chi connectivity index (χ1) is 12.2. The Morgan fingerprint density at radius 3 is 2.32 bits per heavy atom. The number of ether oxygens (including phenoxy) is 1. The van der Waals surface area contributed by atoms with Gasteiger partial charge in [0.15, 0.2) is 0 Å². The molecular weight excluding hydrogens is 312 g/mol. The normalized spacial score (nSPS) is 10.6. The fraction of sp³-hybridized carbons (Fsp3) is 0.500. The van der Waals surface area contributed by atoms with Crippen LogP contribution in [0.4, 0.5) is 11.6 Å². The zero-order chi connectivity index (χ0) is 18.1. The minimum Gasteiger partial charge on any atom is -0.497 e. The molecule has 1 N–H and O–H groups in total. The molecule has 2 aromatic rings. The van der Waals surface area contributed by atoms with Crippen molar-refractivity contribution in [1.29, 1.82) is 0 Å². The molecule has 0 atom stereocenters. The van der Waals surface area contributed by atoms with Gasteiger partial charge in [0.05, 0.1) is 7.11 Å². The van der Waals surface area contributed by atoms with E-state index in [0.717, 1.165) is 62.1 Å². The molecule has 0 aliphatic heterocycles. The minimum absolute atomic E-state index is 0.807. The lowest BCUT2D eigenvalue weighted by Gasteiger charge is -2.23. The summed E-state index contributed by atoms with van der Waals surface area (Å²) < 4.78 is 5.19. The van der Waals surface area contributed by atoms with Crippen molar-refractivity contribution in [3.8, 4) is 5.75 Å². The van der Waals surface area contributed by atoms with E-state index in [-0.39, 0.29) is 0 Å². The van der Waals surface area contributed by atoms with Crippen molar-refractivity contribution < 1.29 is 4.74 Å². The molecule has 5 nitrogen and oxygen atoms in total. The van der Waals surface area contributed by atoms with Gasteiger partial charge in [0.2, 0.25) is 0 Å². The molecule has 0 radical (unpaired) electrons. The first-order valence-corrected chi connectivity index (χ1v) is 9.13. The quantitative estimate of drug-likeness (QED) is 0.705. The molecule has 0 spiro atoms. The van der Waals surface area contributed by atoms with E-state index in [4.69, 9.17) is 4.74 Å². The lowest BCUT2D eigenvalue weighted by Crippen LogP contribution is -2.26. The molecule has 1 aromatic heterocycles. The molecule has 0 amide bonds. The zero-order valence-electron chi connectivity index (χ0n) is 15.9. The summed E-state index contributed by atoms with van der Waals surface area (Å²) in [5.74, 6) is 3.61. The van der Waals surface area contributed by atoms with Gasteiger partial charge in [-0.15, -0.1) is 0 Å². The topological polar surface area (TPSA) is 50.3 Å². The molecule has 25 heavy (non-hydrogen) atoms. The van der Waals surface area contributed by atoms with Crippen LogP contribution in [0.25, 0.3) is 0 Å². The minimum atomic E-state index is 0.807. The Bertz CT molecular complexity index is 637. The second kappa shape index (κ2) is 9.87. The maximum absolute atomic E-state index is 5.19. The Balaban J connectivity index is 1.98. The van der Waals surface area contributed by atoms with E-state index in [1.807, 2.05) is 19.1 Å². The number of benzene rings is 1. The molecule has 0 saturated heterocycles. The molecule has 0 fully saturated rings. The summed E-state index contributed by atoms with van der Waals surface area (Å²) in [6.45, 7) is 9.23. The van der Waals surface area contributed by atoms with E-state index in [1.165, 1.54) is 5.56 Å². The molecule has 1 aromatic carbocycles. The van der Waals surface area contributed by atoms with Crippen LogP contribution >= 0.6 is 0 Å². The summed E-state index contributed by atoms with van der Waals surface area (Å²) in [5, 5.41) is 3.43. The summed E-state index contributed by atoms with van der Waals surface area (Å²) >= 11 is 0. The lowest BCUT2D eigenvalue weighted by atomic mass is 10.1. The molecular formula is C20H30N4O. The van der Waals surface area contributed by atoms with Gasteiger partial charge in [0.1, 0.15) is 23.2 Å². The smallest absolute Gasteiger partial charge is 0.134 e. The van der Waals surface area contributed by atoms with Crippen molar-refractivity contribution >= 4 is 11.6 Å². The van der Waals surface area contributed by atoms with Gasteiger partial charge < -0.3 is 15.0 Å². The zero-order valence-corrected chi connectivity index (χ0v) is 15.9. The van der Waals surface area contributed by atoms with Gasteiger partial charge in [-0.25, -0.2) is 9.97 Å². The summed E-state index contributed by atoms with van der Waals surface area (Å²) in [6, 6.07) is 10.3. The Labute approximate surface area is 151 Å². The van der Waals surface area contributed by atoms with Crippen LogP contribution in [0.1, 0.15) is 38.1 Å². The molecule has 136 valence electrons. The van der Waals surface area contributed by atoms with E-state index in [2.05, 4.69) is 52.2 Å². The first-order valence-electron chi connectivity index (χ1n) is 9.13. The third-order valence-electron chi connectivity index (χ3n) is 4.01. The molecule has 0 saturated carbocycles. The number of hydrogen-bond acceptors (Lipinski definition) is 5. The maximum Gasteiger partial charge on any atom is 0.134 e. The molecule has 2 rings (SSSR count). The number of hydrogen-bond donors (Lipinski definition) is 1. The van der Waals surface area contributed by atoms with Crippen LogP contribution in [0.5, 0.6) is 5.75 Å². The molecule has 1 heterocycles. The number of rotatable bonds is 10. The standard InChI is InChI=1S/C20H30N4O/c1-5-13-24(14-6-2)20-15-19(22-16(3)23-20)21-12-11-17-7-9-18(25-4)10-8-17/h7-10,15H,5-6,11-14H2,1-4H3,(H,21,22,23). The van der Waals surface area contributed by atoms with Gasteiger partial charge in [-0.3, -0.25) is 0 Å². The number of methoxy groups -OCH3 is 1. The Morgan fingerprint density at radius 1 is 1.04 bits per heavy atom. The predicted molar refractivity (Wildman–Crippen MR) is 105 cm³/mol. The van der Waals surface area contributed by atoms with Crippen LogP contribution in [-0.4, -0.2) is 36.7 Å². The van der Waals surface area contributed by atoms with Gasteiger partial charge >= 0.3 is 0 Å². The van der Waals surface area contributed by atoms with E-state index in [9.17, 15) is 0 Å². The largest absolute Gasteiger partial charge is 0.497 e. The second-order valence-electron chi connectivity index (χ2n) is 6.17. The van der Waals surface area contributed by atoms with Gasteiger partial charge in [-0.05, 0) is 43.9 Å². The molecule has 0 bridgehead atoms. The highest BCUT2D eigenvalue weighted by atomic mass is 16.5. The summed E-state index contributed by atoms with van der Waals surface area (Å²) in [6.07, 6.45) is 3.17. The third kappa shape index (κ3) is 5.93. The van der Waals surface area contributed by atoms with Crippen LogP contribution < -0.4 is 15.0 Å². The van der Waals surface area contributed by atoms with E-state index >= 15 is 0 Å². The van der Waals surface area contributed by atoms with Crippen LogP contribution in [0.15, 0.2) is 30.3 Å². The maximum atomic E-state index is 5.19. The number of aromatic nitrogens is 2. The highest BCUT2D eigenvalue weighted by Crippen LogP contribution is 2.17. The summed E-state index contributed by atoms with van der Waals surface area (Å²) in [4.78, 5) is 11.5. The number of aryl methyl sites for hydroxylation is 1. The average molecular weight is 342 g/mol. The first kappa shape index (κ1) is 19.0. The Hall–Kier alpha value is -2.30. The number of nitrogens with one attached hydrogen (secondary N) is 1. The fourth-order valence-corrected chi connectivity index (χ4v) is 2.81. The molecule has 5 heteroatoms. The Morgan fingerprint density at radius 2 is 1.72 bits per heavy atom. The van der Waals surface area contributed by atoms with Gasteiger partial charge in [-0.1, -0.05) is 26.0 Å². The number of nitrogens with zero attached hydrogens (tertiary/aromatic N) is 3. The molecule has 0 aliphatic carbocycles. The van der Waals surface area contributed by atoms with Crippen molar-refractivity contribution in [2.24, 2.45) is 0 Å². The molecule has 0 aliphatic rings. The van der Waals surface area contributed by atoms with Crippen LogP contribution in [0.3, 0.4) is 0 Å². The van der Waals surface area contributed by atoms with Crippen LogP contribution in [0, 0.1) is 6.92 Å². The van der Waals surface area contributed by atoms with Crippen molar-refractivity contribution in [3.05, 3.63) is 41.7 Å². The second-order valence-corrected chi connectivity index (χ2v) is 6.17. The van der Waals surface area contributed by atoms with E-state index < -0.39 is 0 Å². The monoisotopic (exact) mass is 342 g/mol. The van der Waals surface area contributed by atoms with Crippen molar-refractivity contribution in [2.75, 3.05) is 37.0 Å². The van der Waals surface area contributed by atoms with Gasteiger partial charge in [0, 0.05) is 25.7 Å². The van der Waals surface area contributed by atoms with Gasteiger partial charge in [0.25, 0.3) is 0 Å². The lowest BCUT2D eigenvalue weighted by molar-refractivity contribution is 0.414. The van der Waals surface area contributed by atoms with E-state index in [1.54, 1.807) is 7.11 Å². The van der Waals surface area contributed by atoms with Crippen LogP contribution in [0.2, 0.25) is 0 Å². The highest BCUT2D eigenvalue weighted by molar-refractivity contribution is 5.49. The predicted octanol–water partition coefficient (Wildman–Crippen LogP) is 4.07. The third-order valence-corrected chi connectivity index (χ3v) is 4.01. The summed E-state index contributed by atoms with van der Waals surface area (Å²) in [5.41, 5.74) is 1.28. The molecule has 0 unspecified atom stereocenters. The highest BCUT2D eigenvalue weighted by Gasteiger charge is 2.09. The van der Waals surface area contributed by atoms with Crippen molar-refractivity contribution in [1.82, 2.24) is 9.97 Å². The van der Waals surface area contributed by atoms with Crippen molar-refractivity contribution in [2.45, 2.75) is 40.0 Å². The average Bonchev–Trinajstić information content (AvgIpc) is 2.62. The fourth-order valence-electron chi connectivity index (χ4n) is 2.81. The number of anilines is 2. The van der Waals surface area contributed by atoms with E-state index in [0.29, 0.717) is 0 Å². The van der Waals surface area contributed by atoms with Crippen molar-refractivity contribution in [3.63, 3.8) is 0 Å². The Kier molecular flexibility index (Phi) is 7.51. The van der Waals surface area contributed by atoms with Crippen LogP contribution in [-0.2, 0) is 6.42 Å². The van der Waals surface area contributed by atoms with Gasteiger partial charge in [-0.2, -0.15) is 0 Å². The SMILES string of the molecule is CCCN(CCC)c1cc(NCCc2ccc(OC)cc2)nc(C)n1. The summed E-state index contributed by atoms with van der Waals surface area (Å²) in [7, 11) is 1.69.